The second-order valence-electron chi connectivity index (χ2n) is 0. The summed E-state index contributed by atoms with van der Waals surface area (Å²) in [5.74, 6) is 0. The Hall–Kier alpha value is 3.41. The van der Waals surface area contributed by atoms with Crippen LogP contribution in [0, 0.1) is 0 Å². The van der Waals surface area contributed by atoms with Gasteiger partial charge in [-0.05, 0) is 0 Å². The Kier molecular flexibility index (Phi) is 106. The van der Waals surface area contributed by atoms with Crippen molar-refractivity contribution >= 4 is 89.9 Å². The van der Waals surface area contributed by atoms with Crippen molar-refractivity contribution in [3.63, 3.8) is 0 Å². The van der Waals surface area contributed by atoms with E-state index in [4.69, 9.17) is 0 Å². The first kappa shape index (κ1) is 26.2. The van der Waals surface area contributed by atoms with Crippen LogP contribution in [0.2, 0.25) is 0 Å². The van der Waals surface area contributed by atoms with Crippen molar-refractivity contribution in [1.82, 2.24) is 0 Å². The topological polar surface area (TPSA) is 0 Å². The van der Waals surface area contributed by atoms with Crippen molar-refractivity contribution in [2.45, 2.75) is 0 Å². The summed E-state index contributed by atoms with van der Waals surface area (Å²) in [6.07, 6.45) is 0. The van der Waals surface area contributed by atoms with Gasteiger partial charge in [-0.3, -0.25) is 0 Å². The molecule has 0 saturated heterocycles. The Morgan fingerprint density at radius 2 is 1.25 bits per heavy atom. The van der Waals surface area contributed by atoms with Crippen molar-refractivity contribution in [3.05, 3.63) is 0 Å². The van der Waals surface area contributed by atoms with E-state index in [-0.39, 0.29) is 110 Å². The fraction of sp³-hybridized carbons (Fsp3) is 0. The quantitative estimate of drug-likeness (QED) is 0.410. The summed E-state index contributed by atoms with van der Waals surface area (Å²) >= 11 is 0. The number of hydrogen-bond donors (Lipinski definition) is 0. The van der Waals surface area contributed by atoms with Gasteiger partial charge in [0.2, 0.25) is 0 Å². The van der Waals surface area contributed by atoms with Gasteiger partial charge in [0.05, 0.1) is 0 Å². The van der Waals surface area contributed by atoms with Crippen LogP contribution in [0.5, 0.6) is 0 Å². The van der Waals surface area contributed by atoms with E-state index in [0.29, 0.717) is 0 Å². The zero-order chi connectivity index (χ0) is 0. The first-order chi connectivity index (χ1) is 0. The molecule has 4 heavy (non-hydrogen) atoms. The molecule has 0 atom stereocenters. The average Bonchev–Trinajstić information content (AvgIpc) is 0. The molecule has 0 aliphatic rings. The molecule has 0 nitrogen and oxygen atoms in total. The molecule has 29 valence electrons. The Labute approximate surface area is 107 Å². The van der Waals surface area contributed by atoms with E-state index in [1.807, 2.05) is 0 Å². The van der Waals surface area contributed by atoms with E-state index in [2.05, 4.69) is 0 Å². The fourth-order valence-corrected chi connectivity index (χ4v) is 0. The van der Waals surface area contributed by atoms with Crippen molar-refractivity contribution in [2.75, 3.05) is 0 Å². The van der Waals surface area contributed by atoms with Gasteiger partial charge < -0.3 is 2.85 Å². The summed E-state index contributed by atoms with van der Waals surface area (Å²) in [6.45, 7) is 0. The Balaban J connectivity index is 0. The molecule has 4 heteroatoms. The van der Waals surface area contributed by atoms with Crippen LogP contribution in [0.1, 0.15) is 2.85 Å². The molecule has 0 spiro atoms. The standard InChI is InChI=1S/Ba.Cu.H2Se.Sn.4H/h;;1H2;;;;;/q+2;;;;;;2*-1. The molecule has 0 heterocycles. The predicted molar refractivity (Wildman–Crippen MR) is 25.1 cm³/mol. The third-order valence-electron chi connectivity index (χ3n) is 0. The van der Waals surface area contributed by atoms with Crippen LogP contribution in [0.25, 0.3) is 0 Å². The molecule has 0 aromatic rings. The molecule has 0 aliphatic carbocycles. The average molecular weight is 405 g/mol. The van der Waals surface area contributed by atoms with Crippen molar-refractivity contribution in [1.29, 1.82) is 0 Å². The van der Waals surface area contributed by atoms with E-state index in [9.17, 15) is 0 Å². The molecule has 0 bridgehead atoms. The van der Waals surface area contributed by atoms with Gasteiger partial charge in [0.25, 0.3) is 0 Å². The predicted octanol–water partition coefficient (Wildman–Crippen LogP) is -1.99. The molecular formula is H6BaCuSeSn. The van der Waals surface area contributed by atoms with Crippen LogP contribution in [0.3, 0.4) is 0 Å². The molecule has 0 amide bonds. The fourth-order valence-electron chi connectivity index (χ4n) is 0. The zero-order valence-electron chi connectivity index (χ0n) is 4.22. The third kappa shape index (κ3) is 9.05. The van der Waals surface area contributed by atoms with Crippen molar-refractivity contribution < 1.29 is 19.9 Å². The molecule has 0 fully saturated rings. The van der Waals surface area contributed by atoms with E-state index in [1.165, 1.54) is 0 Å². The molecule has 0 unspecified atom stereocenters. The van der Waals surface area contributed by atoms with Gasteiger partial charge in [-0.2, -0.15) is 0 Å². The van der Waals surface area contributed by atoms with Crippen LogP contribution in [-0.2, 0) is 17.1 Å². The van der Waals surface area contributed by atoms with Gasteiger partial charge in [0, 0.05) is 17.1 Å². The van der Waals surface area contributed by atoms with Gasteiger partial charge in [-0.1, -0.05) is 0 Å². The normalized spacial score (nSPS) is 0. The molecule has 0 aliphatic heterocycles. The summed E-state index contributed by atoms with van der Waals surface area (Å²) in [4.78, 5) is 0. The van der Waals surface area contributed by atoms with Gasteiger partial charge in [-0.25, -0.2) is 0 Å². The van der Waals surface area contributed by atoms with E-state index in [1.54, 1.807) is 0 Å². The first-order valence-electron chi connectivity index (χ1n) is 0. The van der Waals surface area contributed by atoms with Gasteiger partial charge in [0.1, 0.15) is 0 Å². The van der Waals surface area contributed by atoms with E-state index >= 15 is 0 Å². The van der Waals surface area contributed by atoms with Crippen LogP contribution >= 0.6 is 0 Å². The van der Waals surface area contributed by atoms with E-state index < -0.39 is 0 Å². The third-order valence-corrected chi connectivity index (χ3v) is 0. The van der Waals surface area contributed by atoms with Crippen LogP contribution in [-0.4, -0.2) is 89.9 Å². The van der Waals surface area contributed by atoms with Gasteiger partial charge in [-0.15, -0.1) is 0 Å². The van der Waals surface area contributed by atoms with Crippen molar-refractivity contribution in [3.8, 4) is 0 Å². The SMILES string of the molecule is [Ba+2].[Cu].[H-].[H-].[SeH2].[SnH2]. The first-order valence-corrected chi connectivity index (χ1v) is 0. The summed E-state index contributed by atoms with van der Waals surface area (Å²) < 4.78 is 0. The van der Waals surface area contributed by atoms with E-state index in [0.717, 1.165) is 0 Å². The Bertz CT molecular complexity index is 13.5. The summed E-state index contributed by atoms with van der Waals surface area (Å²) in [6, 6.07) is 0. The minimum absolute atomic E-state index is 0. The summed E-state index contributed by atoms with van der Waals surface area (Å²) in [5.41, 5.74) is 0. The molecule has 3 radical (unpaired) electrons. The van der Waals surface area contributed by atoms with Gasteiger partial charge in [0.15, 0.2) is 0 Å². The number of hydrogen-bond acceptors (Lipinski definition) is 0. The second-order valence-corrected chi connectivity index (χ2v) is 0. The monoisotopic (exact) mass is 407 g/mol. The maximum absolute atomic E-state index is 0. The summed E-state index contributed by atoms with van der Waals surface area (Å²) in [7, 11) is 0. The van der Waals surface area contributed by atoms with Crippen LogP contribution in [0.4, 0.5) is 0 Å². The minimum atomic E-state index is 0. The van der Waals surface area contributed by atoms with Crippen LogP contribution < -0.4 is 0 Å². The molecule has 0 saturated carbocycles. The molecule has 0 aromatic carbocycles. The Morgan fingerprint density at radius 1 is 1.25 bits per heavy atom. The van der Waals surface area contributed by atoms with Crippen molar-refractivity contribution in [2.24, 2.45) is 0 Å². The molecular weight excluding hydrogens is 399 g/mol. The van der Waals surface area contributed by atoms with Crippen LogP contribution in [0.15, 0.2) is 0 Å². The Morgan fingerprint density at radius 3 is 1.25 bits per heavy atom. The number of rotatable bonds is 0. The zero-order valence-corrected chi connectivity index (χ0v) is 13.7. The maximum atomic E-state index is 0. The second kappa shape index (κ2) is 16.1. The molecule has 0 rings (SSSR count). The summed E-state index contributed by atoms with van der Waals surface area (Å²) in [5, 5.41) is 0. The molecule has 0 N–H and O–H groups in total. The molecule has 0 aromatic heterocycles. The van der Waals surface area contributed by atoms with Gasteiger partial charge >= 0.3 is 89.9 Å².